The Hall–Kier alpha value is -1.50. The Morgan fingerprint density at radius 2 is 1.94 bits per heavy atom. The molecule has 0 aliphatic heterocycles. The van der Waals surface area contributed by atoms with E-state index in [2.05, 4.69) is 29.8 Å². The van der Waals surface area contributed by atoms with E-state index in [9.17, 15) is 0 Å². The molecule has 1 aromatic rings. The Bertz CT molecular complexity index is 486. The normalized spacial score (nSPS) is 13.2. The summed E-state index contributed by atoms with van der Waals surface area (Å²) < 4.78 is 0. The third kappa shape index (κ3) is 2.35. The molecule has 1 nitrogen and oxygen atoms in total. The highest BCUT2D eigenvalue weighted by Gasteiger charge is 2.04. The third-order valence-electron chi connectivity index (χ3n) is 2.54. The molecule has 1 N–H and O–H groups in total. The molecule has 0 amide bonds. The zero-order valence-corrected chi connectivity index (χ0v) is 10.5. The molecule has 0 unspecified atom stereocenters. The lowest BCUT2D eigenvalue weighted by Crippen LogP contribution is -2.25. The molecule has 0 bridgehead atoms. The Kier molecular flexibility index (Phi) is 4.84. The fourth-order valence-corrected chi connectivity index (χ4v) is 1.92. The van der Waals surface area contributed by atoms with Crippen molar-refractivity contribution in [2.75, 3.05) is 0 Å². The number of hydrogen-bond acceptors (Lipinski definition) is 0. The van der Waals surface area contributed by atoms with Gasteiger partial charge >= 0.3 is 0 Å². The van der Waals surface area contributed by atoms with E-state index in [-0.39, 0.29) is 0 Å². The Morgan fingerprint density at radius 1 is 1.25 bits per heavy atom. The summed E-state index contributed by atoms with van der Waals surface area (Å²) in [5, 5.41) is 2.57. The second-order valence-electron chi connectivity index (χ2n) is 3.47. The zero-order chi connectivity index (χ0) is 12.0. The number of fused-ring (bicyclic) bond motifs is 1. The summed E-state index contributed by atoms with van der Waals surface area (Å²) in [6.07, 6.45) is 12.9. The SMILES string of the molecule is C=Cc1c(/C=C\C)[nH]c2c1=CCCC=2.CC. The van der Waals surface area contributed by atoms with Crippen LogP contribution in [0.1, 0.15) is 44.9 Å². The average Bonchev–Trinajstić information content (AvgIpc) is 2.69. The molecule has 2 rings (SSSR count). The molecular weight excluding hydrogens is 194 g/mol. The first-order chi connectivity index (χ1) is 7.86. The van der Waals surface area contributed by atoms with Crippen LogP contribution in [0, 0.1) is 0 Å². The summed E-state index contributed by atoms with van der Waals surface area (Å²) in [5.74, 6) is 0. The zero-order valence-electron chi connectivity index (χ0n) is 10.5. The summed E-state index contributed by atoms with van der Waals surface area (Å²) in [4.78, 5) is 3.41. The molecular formula is C15H21N. The van der Waals surface area contributed by atoms with Crippen molar-refractivity contribution in [3.63, 3.8) is 0 Å². The van der Waals surface area contributed by atoms with Crippen LogP contribution in [0.3, 0.4) is 0 Å². The van der Waals surface area contributed by atoms with Crippen LogP contribution in [0.4, 0.5) is 0 Å². The maximum Gasteiger partial charge on any atom is 0.0461 e. The molecule has 1 aliphatic carbocycles. The van der Waals surface area contributed by atoms with Gasteiger partial charge in [-0.3, -0.25) is 0 Å². The van der Waals surface area contributed by atoms with Gasteiger partial charge < -0.3 is 4.98 Å². The van der Waals surface area contributed by atoms with Crippen LogP contribution < -0.4 is 10.6 Å². The summed E-state index contributed by atoms with van der Waals surface area (Å²) in [5.41, 5.74) is 2.40. The van der Waals surface area contributed by atoms with E-state index in [0.717, 1.165) is 12.8 Å². The first-order valence-corrected chi connectivity index (χ1v) is 6.04. The minimum Gasteiger partial charge on any atom is -0.355 e. The summed E-state index contributed by atoms with van der Waals surface area (Å²) in [6.45, 7) is 9.89. The highest BCUT2D eigenvalue weighted by molar-refractivity contribution is 5.64. The van der Waals surface area contributed by atoms with E-state index in [0.29, 0.717) is 0 Å². The van der Waals surface area contributed by atoms with Gasteiger partial charge in [0, 0.05) is 21.8 Å². The Balaban J connectivity index is 0.000000606. The molecule has 0 aromatic carbocycles. The first kappa shape index (κ1) is 12.6. The number of aromatic nitrogens is 1. The van der Waals surface area contributed by atoms with E-state index in [1.807, 2.05) is 32.9 Å². The molecule has 0 saturated carbocycles. The Morgan fingerprint density at radius 3 is 2.56 bits per heavy atom. The van der Waals surface area contributed by atoms with Gasteiger partial charge in [0.25, 0.3) is 0 Å². The molecule has 0 saturated heterocycles. The van der Waals surface area contributed by atoms with Crippen molar-refractivity contribution in [3.8, 4) is 0 Å². The predicted molar refractivity (Wildman–Crippen MR) is 74.4 cm³/mol. The number of nitrogens with one attached hydrogen (secondary N) is 1. The molecule has 16 heavy (non-hydrogen) atoms. The van der Waals surface area contributed by atoms with Crippen LogP contribution in [0.25, 0.3) is 24.3 Å². The number of hydrogen-bond donors (Lipinski definition) is 1. The van der Waals surface area contributed by atoms with Crippen molar-refractivity contribution >= 4 is 24.3 Å². The lowest BCUT2D eigenvalue weighted by atomic mass is 10.1. The molecule has 0 fully saturated rings. The molecule has 0 radical (unpaired) electrons. The van der Waals surface area contributed by atoms with Crippen molar-refractivity contribution in [2.45, 2.75) is 33.6 Å². The van der Waals surface area contributed by atoms with Gasteiger partial charge in [-0.25, -0.2) is 0 Å². The van der Waals surface area contributed by atoms with Gasteiger partial charge in [0.2, 0.25) is 0 Å². The second kappa shape index (κ2) is 6.16. The van der Waals surface area contributed by atoms with Crippen molar-refractivity contribution in [1.29, 1.82) is 0 Å². The van der Waals surface area contributed by atoms with E-state index in [1.165, 1.54) is 21.8 Å². The molecule has 86 valence electrons. The number of aromatic amines is 1. The smallest absolute Gasteiger partial charge is 0.0461 e. The van der Waals surface area contributed by atoms with Crippen molar-refractivity contribution in [1.82, 2.24) is 4.98 Å². The monoisotopic (exact) mass is 215 g/mol. The topological polar surface area (TPSA) is 15.8 Å². The molecule has 1 heterocycles. The average molecular weight is 215 g/mol. The maximum atomic E-state index is 3.87. The van der Waals surface area contributed by atoms with E-state index in [4.69, 9.17) is 0 Å². The highest BCUT2D eigenvalue weighted by atomic mass is 14.7. The number of allylic oxidation sites excluding steroid dienone is 1. The van der Waals surface area contributed by atoms with Gasteiger partial charge in [-0.15, -0.1) is 0 Å². The quantitative estimate of drug-likeness (QED) is 0.780. The minimum absolute atomic E-state index is 1.14. The Labute approximate surface area is 97.9 Å². The van der Waals surface area contributed by atoms with E-state index < -0.39 is 0 Å². The van der Waals surface area contributed by atoms with E-state index >= 15 is 0 Å². The van der Waals surface area contributed by atoms with Gasteiger partial charge in [0.05, 0.1) is 0 Å². The van der Waals surface area contributed by atoms with Crippen molar-refractivity contribution in [2.24, 2.45) is 0 Å². The molecule has 0 spiro atoms. The van der Waals surface area contributed by atoms with Crippen LogP contribution in [-0.4, -0.2) is 4.98 Å². The third-order valence-corrected chi connectivity index (χ3v) is 2.54. The molecule has 1 aromatic heterocycles. The highest BCUT2D eigenvalue weighted by Crippen LogP contribution is 2.06. The van der Waals surface area contributed by atoms with Crippen LogP contribution >= 0.6 is 0 Å². The van der Waals surface area contributed by atoms with Gasteiger partial charge in [-0.05, 0) is 25.8 Å². The van der Waals surface area contributed by atoms with Gasteiger partial charge in [0.15, 0.2) is 0 Å². The van der Waals surface area contributed by atoms with Gasteiger partial charge in [0.1, 0.15) is 0 Å². The summed E-state index contributed by atoms with van der Waals surface area (Å²) >= 11 is 0. The van der Waals surface area contributed by atoms with Crippen LogP contribution in [0.2, 0.25) is 0 Å². The molecule has 1 heteroatoms. The van der Waals surface area contributed by atoms with E-state index in [1.54, 1.807) is 0 Å². The first-order valence-electron chi connectivity index (χ1n) is 6.04. The van der Waals surface area contributed by atoms with Gasteiger partial charge in [-0.1, -0.05) is 44.7 Å². The van der Waals surface area contributed by atoms with Crippen LogP contribution in [0.15, 0.2) is 12.7 Å². The van der Waals surface area contributed by atoms with Gasteiger partial charge in [-0.2, -0.15) is 0 Å². The van der Waals surface area contributed by atoms with Crippen LogP contribution in [0.5, 0.6) is 0 Å². The molecule has 1 aliphatic rings. The fourth-order valence-electron chi connectivity index (χ4n) is 1.92. The number of H-pyrrole nitrogens is 1. The van der Waals surface area contributed by atoms with Crippen molar-refractivity contribution in [3.05, 3.63) is 34.5 Å². The predicted octanol–water partition coefficient (Wildman–Crippen LogP) is 3.07. The standard InChI is InChI=1S/C13H15N.C2H6/c1-3-7-12-10(4-2)11-8-5-6-9-13(11)14-12;1-2/h3-4,7-9,14H,2,5-6H2,1H3;1-2H3/b7-3-;. The van der Waals surface area contributed by atoms with Crippen LogP contribution in [-0.2, 0) is 0 Å². The summed E-state index contributed by atoms with van der Waals surface area (Å²) in [6, 6.07) is 0. The lowest BCUT2D eigenvalue weighted by Gasteiger charge is -1.94. The van der Waals surface area contributed by atoms with Crippen molar-refractivity contribution < 1.29 is 0 Å². The minimum atomic E-state index is 1.14. The molecule has 0 atom stereocenters. The maximum absolute atomic E-state index is 3.87. The fraction of sp³-hybridized carbons (Fsp3) is 0.333. The second-order valence-corrected chi connectivity index (χ2v) is 3.47. The summed E-state index contributed by atoms with van der Waals surface area (Å²) in [7, 11) is 0. The largest absolute Gasteiger partial charge is 0.355 e. The lowest BCUT2D eigenvalue weighted by molar-refractivity contribution is 1.10. The number of rotatable bonds is 2.